The second kappa shape index (κ2) is 8.75. The molecule has 2 N–H and O–H groups in total. The van der Waals surface area contributed by atoms with Crippen molar-refractivity contribution < 1.29 is 14.0 Å². The second-order valence-corrected chi connectivity index (χ2v) is 5.93. The van der Waals surface area contributed by atoms with E-state index in [9.17, 15) is 14.0 Å². The SMILES string of the molecule is C/C(CC(=O)Nc1ccc(N(C)C)cc1)=N\NC(=O)c1ccccc1F. The van der Waals surface area contributed by atoms with Crippen molar-refractivity contribution in [3.8, 4) is 0 Å². The molecule has 6 nitrogen and oxygen atoms in total. The van der Waals surface area contributed by atoms with E-state index in [4.69, 9.17) is 0 Å². The van der Waals surface area contributed by atoms with Gasteiger partial charge in [0.05, 0.1) is 12.0 Å². The van der Waals surface area contributed by atoms with Crippen LogP contribution in [-0.2, 0) is 4.79 Å². The lowest BCUT2D eigenvalue weighted by atomic mass is 10.2. The molecule has 2 amide bonds. The van der Waals surface area contributed by atoms with Gasteiger partial charge in [-0.25, -0.2) is 9.82 Å². The van der Waals surface area contributed by atoms with Gasteiger partial charge in [0, 0.05) is 31.2 Å². The zero-order chi connectivity index (χ0) is 19.1. The van der Waals surface area contributed by atoms with E-state index in [0.717, 1.165) is 5.69 Å². The average Bonchev–Trinajstić information content (AvgIpc) is 2.60. The Bertz CT molecular complexity index is 817. The van der Waals surface area contributed by atoms with Crippen molar-refractivity contribution in [2.75, 3.05) is 24.3 Å². The van der Waals surface area contributed by atoms with Crippen LogP contribution in [0.2, 0.25) is 0 Å². The maximum absolute atomic E-state index is 13.5. The smallest absolute Gasteiger partial charge is 0.274 e. The standard InChI is InChI=1S/C19H21FN4O2/c1-13(22-23-19(26)16-6-4-5-7-17(16)20)12-18(25)21-14-8-10-15(11-9-14)24(2)3/h4-11H,12H2,1-3H3,(H,21,25)(H,23,26)/b22-13+. The number of rotatable bonds is 6. The number of nitrogens with one attached hydrogen (secondary N) is 2. The Hall–Kier alpha value is -3.22. The summed E-state index contributed by atoms with van der Waals surface area (Å²) in [6, 6.07) is 13.0. The lowest BCUT2D eigenvalue weighted by Gasteiger charge is -2.13. The molecule has 0 aliphatic carbocycles. The Labute approximate surface area is 151 Å². The van der Waals surface area contributed by atoms with Crippen LogP contribution in [0.5, 0.6) is 0 Å². The summed E-state index contributed by atoms with van der Waals surface area (Å²) >= 11 is 0. The summed E-state index contributed by atoms with van der Waals surface area (Å²) in [6.07, 6.45) is 0.00693. The number of nitrogens with zero attached hydrogens (tertiary/aromatic N) is 2. The predicted molar refractivity (Wildman–Crippen MR) is 101 cm³/mol. The third kappa shape index (κ3) is 5.41. The summed E-state index contributed by atoms with van der Waals surface area (Å²) in [5.74, 6) is -1.55. The van der Waals surface area contributed by atoms with E-state index >= 15 is 0 Å². The summed E-state index contributed by atoms with van der Waals surface area (Å²) in [4.78, 5) is 25.9. The minimum atomic E-state index is -0.665. The van der Waals surface area contributed by atoms with Crippen molar-refractivity contribution >= 4 is 28.9 Å². The molecule has 0 aliphatic heterocycles. The van der Waals surface area contributed by atoms with Crippen LogP contribution in [0, 0.1) is 5.82 Å². The molecule has 136 valence electrons. The van der Waals surface area contributed by atoms with Gasteiger partial charge in [-0.15, -0.1) is 0 Å². The number of carbonyl (C=O) groups excluding carboxylic acids is 2. The maximum Gasteiger partial charge on any atom is 0.274 e. The molecule has 0 heterocycles. The molecule has 0 fully saturated rings. The van der Waals surface area contributed by atoms with Crippen LogP contribution >= 0.6 is 0 Å². The Morgan fingerprint density at radius 1 is 1.08 bits per heavy atom. The van der Waals surface area contributed by atoms with Crippen molar-refractivity contribution in [2.24, 2.45) is 5.10 Å². The number of halogens is 1. The van der Waals surface area contributed by atoms with Crippen molar-refractivity contribution in [1.82, 2.24) is 5.43 Å². The highest BCUT2D eigenvalue weighted by molar-refractivity contribution is 6.06. The molecule has 2 rings (SSSR count). The molecule has 2 aromatic rings. The second-order valence-electron chi connectivity index (χ2n) is 5.93. The number of hydrazone groups is 1. The zero-order valence-electron chi connectivity index (χ0n) is 14.9. The molecule has 0 radical (unpaired) electrons. The Morgan fingerprint density at radius 2 is 1.73 bits per heavy atom. The fourth-order valence-electron chi connectivity index (χ4n) is 2.17. The highest BCUT2D eigenvalue weighted by atomic mass is 19.1. The first-order valence-electron chi connectivity index (χ1n) is 8.02. The molecule has 0 unspecified atom stereocenters. The lowest BCUT2D eigenvalue weighted by Crippen LogP contribution is -2.22. The van der Waals surface area contributed by atoms with Crippen LogP contribution in [0.3, 0.4) is 0 Å². The number of hydrogen-bond donors (Lipinski definition) is 2. The first kappa shape index (κ1) is 19.1. The minimum absolute atomic E-state index is 0.00693. The Balaban J connectivity index is 1.89. The van der Waals surface area contributed by atoms with Gasteiger partial charge in [0.15, 0.2) is 0 Å². The van der Waals surface area contributed by atoms with Crippen LogP contribution in [0.1, 0.15) is 23.7 Å². The molecule has 26 heavy (non-hydrogen) atoms. The highest BCUT2D eigenvalue weighted by Gasteiger charge is 2.10. The molecule has 0 aromatic heterocycles. The molecule has 0 atom stereocenters. The van der Waals surface area contributed by atoms with Gasteiger partial charge in [-0.05, 0) is 43.3 Å². The van der Waals surface area contributed by atoms with E-state index in [2.05, 4.69) is 15.8 Å². The fourth-order valence-corrected chi connectivity index (χ4v) is 2.17. The quantitative estimate of drug-likeness (QED) is 0.617. The van der Waals surface area contributed by atoms with Gasteiger partial charge in [-0.3, -0.25) is 9.59 Å². The van der Waals surface area contributed by atoms with Crippen molar-refractivity contribution in [2.45, 2.75) is 13.3 Å². The molecule has 0 aliphatic rings. The van der Waals surface area contributed by atoms with E-state index in [1.165, 1.54) is 18.2 Å². The van der Waals surface area contributed by atoms with E-state index in [1.807, 2.05) is 31.1 Å². The first-order valence-corrected chi connectivity index (χ1v) is 8.02. The topological polar surface area (TPSA) is 73.8 Å². The predicted octanol–water partition coefficient (Wildman–Crippen LogP) is 3.03. The van der Waals surface area contributed by atoms with Gasteiger partial charge in [-0.1, -0.05) is 12.1 Å². The fraction of sp³-hybridized carbons (Fsp3) is 0.211. The molecule has 0 spiro atoms. The van der Waals surface area contributed by atoms with Crippen molar-refractivity contribution in [3.63, 3.8) is 0 Å². The summed E-state index contributed by atoms with van der Waals surface area (Å²) in [5.41, 5.74) is 4.24. The minimum Gasteiger partial charge on any atom is -0.378 e. The maximum atomic E-state index is 13.5. The summed E-state index contributed by atoms with van der Waals surface area (Å²) in [7, 11) is 3.87. The number of hydrogen-bond acceptors (Lipinski definition) is 4. The molecule has 0 bridgehead atoms. The number of anilines is 2. The monoisotopic (exact) mass is 356 g/mol. The summed E-state index contributed by atoms with van der Waals surface area (Å²) in [6.45, 7) is 1.61. The highest BCUT2D eigenvalue weighted by Crippen LogP contribution is 2.15. The molecule has 7 heteroatoms. The third-order valence-electron chi connectivity index (χ3n) is 3.55. The Morgan fingerprint density at radius 3 is 2.35 bits per heavy atom. The molecular formula is C19H21FN4O2. The Kier molecular flexibility index (Phi) is 6.43. The van der Waals surface area contributed by atoms with Gasteiger partial charge in [0.25, 0.3) is 5.91 Å². The van der Waals surface area contributed by atoms with E-state index in [-0.39, 0.29) is 17.9 Å². The van der Waals surface area contributed by atoms with Gasteiger partial charge >= 0.3 is 0 Å². The van der Waals surface area contributed by atoms with E-state index < -0.39 is 11.7 Å². The van der Waals surface area contributed by atoms with Gasteiger partial charge in [0.2, 0.25) is 5.91 Å². The van der Waals surface area contributed by atoms with E-state index in [0.29, 0.717) is 11.4 Å². The van der Waals surface area contributed by atoms with Gasteiger partial charge in [0.1, 0.15) is 5.82 Å². The van der Waals surface area contributed by atoms with Crippen molar-refractivity contribution in [1.29, 1.82) is 0 Å². The largest absolute Gasteiger partial charge is 0.378 e. The third-order valence-corrected chi connectivity index (χ3v) is 3.55. The number of carbonyl (C=O) groups is 2. The average molecular weight is 356 g/mol. The van der Waals surface area contributed by atoms with E-state index in [1.54, 1.807) is 25.1 Å². The van der Waals surface area contributed by atoms with Crippen LogP contribution in [-0.4, -0.2) is 31.6 Å². The summed E-state index contributed by atoms with van der Waals surface area (Å²) in [5, 5.41) is 6.60. The molecule has 2 aromatic carbocycles. The molecule has 0 saturated heterocycles. The van der Waals surface area contributed by atoms with Crippen LogP contribution in [0.25, 0.3) is 0 Å². The molecular weight excluding hydrogens is 335 g/mol. The van der Waals surface area contributed by atoms with Gasteiger partial charge < -0.3 is 10.2 Å². The zero-order valence-corrected chi connectivity index (χ0v) is 14.9. The van der Waals surface area contributed by atoms with Crippen LogP contribution in [0.4, 0.5) is 15.8 Å². The summed E-state index contributed by atoms with van der Waals surface area (Å²) < 4.78 is 13.5. The first-order chi connectivity index (χ1) is 12.4. The lowest BCUT2D eigenvalue weighted by molar-refractivity contribution is -0.115. The normalized spacial score (nSPS) is 11.0. The number of amides is 2. The number of benzene rings is 2. The van der Waals surface area contributed by atoms with Crippen LogP contribution in [0.15, 0.2) is 53.6 Å². The van der Waals surface area contributed by atoms with Gasteiger partial charge in [-0.2, -0.15) is 5.10 Å². The molecule has 0 saturated carbocycles. The van der Waals surface area contributed by atoms with Crippen molar-refractivity contribution in [3.05, 3.63) is 59.9 Å². The van der Waals surface area contributed by atoms with Crippen LogP contribution < -0.4 is 15.6 Å².